The lowest BCUT2D eigenvalue weighted by Gasteiger charge is -2.09. The van der Waals surface area contributed by atoms with Gasteiger partial charge in [-0.1, -0.05) is 22.0 Å². The van der Waals surface area contributed by atoms with Crippen LogP contribution in [-0.2, 0) is 0 Å². The van der Waals surface area contributed by atoms with Gasteiger partial charge < -0.3 is 19.2 Å². The normalized spacial score (nSPS) is 12.0. The summed E-state index contributed by atoms with van der Waals surface area (Å²) in [5, 5.41) is 5.82. The summed E-state index contributed by atoms with van der Waals surface area (Å²) in [5.41, 5.74) is 3.28. The molecule has 9 heteroatoms. The Balaban J connectivity index is 1.29. The van der Waals surface area contributed by atoms with Crippen LogP contribution in [0.15, 0.2) is 69.6 Å². The molecule has 4 aromatic rings. The molecule has 2 N–H and O–H groups in total. The van der Waals surface area contributed by atoms with E-state index in [0.717, 1.165) is 10.0 Å². The number of aromatic nitrogens is 1. The number of carbonyl (C=O) groups is 1. The summed E-state index contributed by atoms with van der Waals surface area (Å²) in [6.45, 7) is 0.147. The number of amides is 1. The van der Waals surface area contributed by atoms with E-state index in [4.69, 9.17) is 26.1 Å². The molecule has 7 nitrogen and oxygen atoms in total. The Morgan fingerprint density at radius 3 is 2.77 bits per heavy atom. The number of carbonyl (C=O) groups excluding carboxylic acids is 1. The van der Waals surface area contributed by atoms with E-state index < -0.39 is 0 Å². The van der Waals surface area contributed by atoms with Crippen LogP contribution in [0.2, 0.25) is 0 Å². The molecule has 1 amide bonds. The van der Waals surface area contributed by atoms with Crippen LogP contribution < -0.4 is 20.1 Å². The van der Waals surface area contributed by atoms with E-state index in [0.29, 0.717) is 39.7 Å². The molecule has 5 rings (SSSR count). The van der Waals surface area contributed by atoms with Crippen molar-refractivity contribution in [2.45, 2.75) is 0 Å². The molecule has 2 heterocycles. The fourth-order valence-electron chi connectivity index (χ4n) is 3.13. The van der Waals surface area contributed by atoms with Crippen LogP contribution in [0.5, 0.6) is 11.5 Å². The summed E-state index contributed by atoms with van der Waals surface area (Å²) in [6, 6.07) is 18.1. The van der Waals surface area contributed by atoms with Crippen LogP contribution in [-0.4, -0.2) is 22.8 Å². The predicted molar refractivity (Wildman–Crippen MR) is 123 cm³/mol. The SMILES string of the molecule is O=C(NC(=S)Nc1ccc2oc(-c3cccc(Br)c3)nc2c1)c1ccc2c(c1)OCO2. The molecule has 0 aliphatic carbocycles. The molecule has 3 aromatic carbocycles. The van der Waals surface area contributed by atoms with Crippen LogP contribution in [0.4, 0.5) is 5.69 Å². The van der Waals surface area contributed by atoms with Crippen LogP contribution in [0.3, 0.4) is 0 Å². The number of nitrogens with one attached hydrogen (secondary N) is 2. The van der Waals surface area contributed by atoms with E-state index >= 15 is 0 Å². The topological polar surface area (TPSA) is 85.6 Å². The van der Waals surface area contributed by atoms with Crippen LogP contribution >= 0.6 is 28.1 Å². The summed E-state index contributed by atoms with van der Waals surface area (Å²) in [5.74, 6) is 1.31. The third-order valence-electron chi connectivity index (χ3n) is 4.58. The lowest BCUT2D eigenvalue weighted by Crippen LogP contribution is -2.34. The van der Waals surface area contributed by atoms with Crippen molar-refractivity contribution >= 4 is 56.0 Å². The molecule has 0 fully saturated rings. The monoisotopic (exact) mass is 495 g/mol. The standard InChI is InChI=1S/C22H14BrN3O4S/c23-14-3-1-2-13(8-14)21-25-16-10-15(5-7-17(16)30-21)24-22(31)26-20(27)12-4-6-18-19(9-12)29-11-28-18/h1-10H,11H2,(H2,24,26,27,31). The molecule has 0 saturated heterocycles. The lowest BCUT2D eigenvalue weighted by atomic mass is 10.2. The van der Waals surface area contributed by atoms with Gasteiger partial charge in [-0.3, -0.25) is 10.1 Å². The molecular weight excluding hydrogens is 482 g/mol. The molecule has 0 bridgehead atoms. The summed E-state index contributed by atoms with van der Waals surface area (Å²) in [6.07, 6.45) is 0. The number of ether oxygens (including phenoxy) is 2. The second kappa shape index (κ2) is 8.01. The van der Waals surface area contributed by atoms with Gasteiger partial charge in [-0.15, -0.1) is 0 Å². The molecule has 1 aliphatic heterocycles. The maximum Gasteiger partial charge on any atom is 0.257 e. The van der Waals surface area contributed by atoms with Gasteiger partial charge in [0.15, 0.2) is 22.2 Å². The van der Waals surface area contributed by atoms with E-state index in [-0.39, 0.29) is 17.8 Å². The number of oxazole rings is 1. The van der Waals surface area contributed by atoms with Crippen LogP contribution in [0.25, 0.3) is 22.6 Å². The Hall–Kier alpha value is -3.43. The third-order valence-corrected chi connectivity index (χ3v) is 5.28. The maximum atomic E-state index is 12.5. The van der Waals surface area contributed by atoms with Crippen molar-refractivity contribution in [1.29, 1.82) is 0 Å². The van der Waals surface area contributed by atoms with Crippen molar-refractivity contribution in [1.82, 2.24) is 10.3 Å². The molecule has 0 radical (unpaired) electrons. The lowest BCUT2D eigenvalue weighted by molar-refractivity contribution is 0.0977. The average molecular weight is 496 g/mol. The first kappa shape index (κ1) is 19.5. The van der Waals surface area contributed by atoms with Gasteiger partial charge in [0, 0.05) is 21.3 Å². The van der Waals surface area contributed by atoms with E-state index in [1.54, 1.807) is 36.4 Å². The second-order valence-electron chi connectivity index (χ2n) is 6.69. The zero-order valence-electron chi connectivity index (χ0n) is 15.8. The summed E-state index contributed by atoms with van der Waals surface area (Å²) in [4.78, 5) is 17.0. The Morgan fingerprint density at radius 1 is 1.03 bits per heavy atom. The second-order valence-corrected chi connectivity index (χ2v) is 8.01. The zero-order chi connectivity index (χ0) is 21.4. The molecule has 31 heavy (non-hydrogen) atoms. The minimum absolute atomic E-state index is 0.147. The Labute approximate surface area is 190 Å². The fourth-order valence-corrected chi connectivity index (χ4v) is 3.74. The zero-order valence-corrected chi connectivity index (χ0v) is 18.2. The van der Waals surface area contributed by atoms with E-state index in [1.165, 1.54) is 0 Å². The van der Waals surface area contributed by atoms with Gasteiger partial charge >= 0.3 is 0 Å². The van der Waals surface area contributed by atoms with Crippen molar-refractivity contribution in [3.8, 4) is 23.0 Å². The number of hydrogen-bond acceptors (Lipinski definition) is 6. The number of rotatable bonds is 3. The van der Waals surface area contributed by atoms with Crippen molar-refractivity contribution in [2.75, 3.05) is 12.1 Å². The first-order valence-electron chi connectivity index (χ1n) is 9.24. The van der Waals surface area contributed by atoms with E-state index in [2.05, 4.69) is 31.5 Å². The molecule has 0 unspecified atom stereocenters. The number of fused-ring (bicyclic) bond motifs is 2. The summed E-state index contributed by atoms with van der Waals surface area (Å²) in [7, 11) is 0. The average Bonchev–Trinajstić information content (AvgIpc) is 3.39. The number of hydrogen-bond donors (Lipinski definition) is 2. The van der Waals surface area contributed by atoms with Gasteiger partial charge in [0.25, 0.3) is 5.91 Å². The molecule has 0 spiro atoms. The van der Waals surface area contributed by atoms with Crippen molar-refractivity contribution in [2.24, 2.45) is 0 Å². The predicted octanol–water partition coefficient (Wildman–Crippen LogP) is 5.11. The quantitative estimate of drug-likeness (QED) is 0.381. The number of anilines is 1. The highest BCUT2D eigenvalue weighted by Crippen LogP contribution is 2.32. The van der Waals surface area contributed by atoms with Gasteiger partial charge in [0.2, 0.25) is 12.7 Å². The van der Waals surface area contributed by atoms with Crippen molar-refractivity contribution in [3.05, 3.63) is 70.7 Å². The smallest absolute Gasteiger partial charge is 0.257 e. The van der Waals surface area contributed by atoms with Gasteiger partial charge in [-0.2, -0.15) is 0 Å². The van der Waals surface area contributed by atoms with Crippen molar-refractivity contribution < 1.29 is 18.7 Å². The minimum Gasteiger partial charge on any atom is -0.454 e. The Bertz CT molecular complexity index is 1340. The van der Waals surface area contributed by atoms with Crippen LogP contribution in [0.1, 0.15) is 10.4 Å². The highest BCUT2D eigenvalue weighted by molar-refractivity contribution is 9.10. The Morgan fingerprint density at radius 2 is 1.90 bits per heavy atom. The highest BCUT2D eigenvalue weighted by Gasteiger charge is 2.17. The summed E-state index contributed by atoms with van der Waals surface area (Å²) >= 11 is 8.73. The number of nitrogens with zero attached hydrogens (tertiary/aromatic N) is 1. The van der Waals surface area contributed by atoms with Crippen molar-refractivity contribution in [3.63, 3.8) is 0 Å². The Kier molecular flexibility index (Phi) is 5.05. The molecule has 1 aromatic heterocycles. The van der Waals surface area contributed by atoms with Gasteiger partial charge in [-0.25, -0.2) is 4.98 Å². The number of benzene rings is 3. The third kappa shape index (κ3) is 4.10. The first-order valence-corrected chi connectivity index (χ1v) is 10.4. The molecule has 0 atom stereocenters. The molecule has 154 valence electrons. The molecule has 0 saturated carbocycles. The largest absolute Gasteiger partial charge is 0.454 e. The van der Waals surface area contributed by atoms with Gasteiger partial charge in [-0.05, 0) is 66.8 Å². The fraction of sp³-hybridized carbons (Fsp3) is 0.0455. The highest BCUT2D eigenvalue weighted by atomic mass is 79.9. The summed E-state index contributed by atoms with van der Waals surface area (Å²) < 4.78 is 17.3. The van der Waals surface area contributed by atoms with Gasteiger partial charge in [0.05, 0.1) is 0 Å². The van der Waals surface area contributed by atoms with E-state index in [1.807, 2.05) is 24.3 Å². The minimum atomic E-state index is -0.352. The number of thiocarbonyl (C=S) groups is 1. The number of halogens is 1. The molecular formula is C22H14BrN3O4S. The molecule has 1 aliphatic rings. The van der Waals surface area contributed by atoms with Gasteiger partial charge in [0.1, 0.15) is 5.52 Å². The van der Waals surface area contributed by atoms with E-state index in [9.17, 15) is 4.79 Å². The first-order chi connectivity index (χ1) is 15.0. The van der Waals surface area contributed by atoms with Crippen LogP contribution in [0, 0.1) is 0 Å². The maximum absolute atomic E-state index is 12.5.